The molecule has 0 heterocycles. The van der Waals surface area contributed by atoms with Gasteiger partial charge in [0.1, 0.15) is 5.82 Å². The molecule has 0 unspecified atom stereocenters. The van der Waals surface area contributed by atoms with Gasteiger partial charge in [-0.25, -0.2) is 13.4 Å². The van der Waals surface area contributed by atoms with Crippen LogP contribution in [0, 0.1) is 0 Å². The molecule has 0 amide bonds. The Morgan fingerprint density at radius 3 is 2.62 bits per heavy atom. The zero-order valence-corrected chi connectivity index (χ0v) is 9.87. The van der Waals surface area contributed by atoms with E-state index in [0.717, 1.165) is 6.42 Å². The molecule has 0 saturated heterocycles. The number of hydrogen-bond donors (Lipinski definition) is 1. The zero-order chi connectivity index (χ0) is 12.0. The van der Waals surface area contributed by atoms with Gasteiger partial charge in [-0.1, -0.05) is 31.7 Å². The minimum Gasteiger partial charge on any atom is -0.264 e. The van der Waals surface area contributed by atoms with E-state index in [4.69, 9.17) is 0 Å². The summed E-state index contributed by atoms with van der Waals surface area (Å²) in [6, 6.07) is 8.10. The Hall–Kier alpha value is -1.62. The predicted octanol–water partition coefficient (Wildman–Crippen LogP) is 1.92. The van der Waals surface area contributed by atoms with Crippen LogP contribution < -0.4 is 4.72 Å². The number of benzene rings is 1. The van der Waals surface area contributed by atoms with Gasteiger partial charge in [-0.2, -0.15) is 0 Å². The van der Waals surface area contributed by atoms with Gasteiger partial charge < -0.3 is 0 Å². The van der Waals surface area contributed by atoms with Gasteiger partial charge in [0, 0.05) is 6.21 Å². The summed E-state index contributed by atoms with van der Waals surface area (Å²) in [5.74, 6) is 0.116. The van der Waals surface area contributed by atoms with E-state index >= 15 is 0 Å². The summed E-state index contributed by atoms with van der Waals surface area (Å²) in [7, 11) is -3.55. The molecule has 1 rings (SSSR count). The van der Waals surface area contributed by atoms with Crippen molar-refractivity contribution in [2.75, 3.05) is 0 Å². The van der Waals surface area contributed by atoms with Gasteiger partial charge >= 0.3 is 0 Å². The van der Waals surface area contributed by atoms with Crippen LogP contribution in [0.1, 0.15) is 13.3 Å². The average Bonchev–Trinajstić information content (AvgIpc) is 2.27. The number of rotatable bonds is 5. The SMILES string of the molecule is C=C(N=CCC)NS(=O)(=O)c1ccccc1. The van der Waals surface area contributed by atoms with E-state index in [1.165, 1.54) is 12.1 Å². The molecule has 0 aliphatic heterocycles. The lowest BCUT2D eigenvalue weighted by Gasteiger charge is -2.06. The zero-order valence-electron chi connectivity index (χ0n) is 9.05. The Morgan fingerprint density at radius 2 is 2.06 bits per heavy atom. The van der Waals surface area contributed by atoms with Crippen LogP contribution >= 0.6 is 0 Å². The van der Waals surface area contributed by atoms with Crippen LogP contribution in [0.3, 0.4) is 0 Å². The summed E-state index contributed by atoms with van der Waals surface area (Å²) in [5, 5.41) is 0. The smallest absolute Gasteiger partial charge is 0.263 e. The van der Waals surface area contributed by atoms with Crippen molar-refractivity contribution in [3.05, 3.63) is 42.7 Å². The highest BCUT2D eigenvalue weighted by Gasteiger charge is 2.12. The third-order valence-electron chi connectivity index (χ3n) is 1.74. The fourth-order valence-corrected chi connectivity index (χ4v) is 2.04. The number of aliphatic imine (C=N–C) groups is 1. The molecule has 1 aromatic rings. The van der Waals surface area contributed by atoms with Crippen molar-refractivity contribution in [1.29, 1.82) is 0 Å². The maximum atomic E-state index is 11.8. The topological polar surface area (TPSA) is 58.5 Å². The third kappa shape index (κ3) is 3.51. The Kier molecular flexibility index (Phi) is 4.25. The number of nitrogens with one attached hydrogen (secondary N) is 1. The summed E-state index contributed by atoms with van der Waals surface area (Å²) in [6.45, 7) is 5.42. The average molecular weight is 238 g/mol. The molecular weight excluding hydrogens is 224 g/mol. The molecule has 0 radical (unpaired) electrons. The molecule has 1 N–H and O–H groups in total. The molecule has 0 saturated carbocycles. The van der Waals surface area contributed by atoms with E-state index < -0.39 is 10.0 Å². The second kappa shape index (κ2) is 5.46. The lowest BCUT2D eigenvalue weighted by atomic mass is 10.4. The van der Waals surface area contributed by atoms with E-state index in [-0.39, 0.29) is 10.7 Å². The molecule has 16 heavy (non-hydrogen) atoms. The molecule has 5 heteroatoms. The highest BCUT2D eigenvalue weighted by atomic mass is 32.2. The predicted molar refractivity (Wildman–Crippen MR) is 64.7 cm³/mol. The molecular formula is C11H14N2O2S. The monoisotopic (exact) mass is 238 g/mol. The van der Waals surface area contributed by atoms with Crippen LogP contribution in [0.2, 0.25) is 0 Å². The molecule has 0 spiro atoms. The Bertz CT molecular complexity index is 478. The first kappa shape index (κ1) is 12.4. The van der Waals surface area contributed by atoms with Gasteiger partial charge in [-0.15, -0.1) is 0 Å². The van der Waals surface area contributed by atoms with Crippen molar-refractivity contribution < 1.29 is 8.42 Å². The fraction of sp³-hybridized carbons (Fsp3) is 0.182. The molecule has 0 aliphatic carbocycles. The number of hydrogen-bond acceptors (Lipinski definition) is 3. The minimum absolute atomic E-state index is 0.116. The standard InChI is InChI=1S/C11H14N2O2S/c1-3-9-12-10(2)13-16(14,15)11-7-5-4-6-8-11/h4-9,13H,2-3H2,1H3. The van der Waals surface area contributed by atoms with Crippen LogP contribution in [0.25, 0.3) is 0 Å². The first-order valence-electron chi connectivity index (χ1n) is 4.85. The van der Waals surface area contributed by atoms with Crippen molar-refractivity contribution in [2.45, 2.75) is 18.2 Å². The van der Waals surface area contributed by atoms with Gasteiger partial charge in [-0.3, -0.25) is 4.72 Å². The van der Waals surface area contributed by atoms with E-state index in [0.29, 0.717) is 0 Å². The molecule has 86 valence electrons. The Balaban J connectivity index is 2.81. The highest BCUT2D eigenvalue weighted by molar-refractivity contribution is 7.89. The van der Waals surface area contributed by atoms with Crippen LogP contribution in [0.4, 0.5) is 0 Å². The van der Waals surface area contributed by atoms with Crippen LogP contribution in [-0.2, 0) is 10.0 Å². The van der Waals surface area contributed by atoms with E-state index in [1.54, 1.807) is 24.4 Å². The number of sulfonamides is 1. The lowest BCUT2D eigenvalue weighted by molar-refractivity contribution is 0.588. The van der Waals surface area contributed by atoms with Crippen molar-refractivity contribution >= 4 is 16.2 Å². The van der Waals surface area contributed by atoms with Crippen molar-refractivity contribution in [2.24, 2.45) is 4.99 Å². The highest BCUT2D eigenvalue weighted by Crippen LogP contribution is 2.08. The fourth-order valence-electron chi connectivity index (χ4n) is 1.04. The van der Waals surface area contributed by atoms with Gasteiger partial charge in [0.25, 0.3) is 10.0 Å². The maximum absolute atomic E-state index is 11.8. The van der Waals surface area contributed by atoms with Gasteiger partial charge in [0.2, 0.25) is 0 Å². The molecule has 4 nitrogen and oxygen atoms in total. The third-order valence-corrected chi connectivity index (χ3v) is 3.13. The van der Waals surface area contributed by atoms with E-state index in [1.807, 2.05) is 6.92 Å². The molecule has 0 bridgehead atoms. The van der Waals surface area contributed by atoms with Crippen molar-refractivity contribution in [3.63, 3.8) is 0 Å². The van der Waals surface area contributed by atoms with Crippen LogP contribution in [0.5, 0.6) is 0 Å². The second-order valence-corrected chi connectivity index (χ2v) is 4.77. The maximum Gasteiger partial charge on any atom is 0.263 e. The van der Waals surface area contributed by atoms with Crippen molar-refractivity contribution in [3.8, 4) is 0 Å². The quantitative estimate of drug-likeness (QED) is 0.797. The van der Waals surface area contributed by atoms with E-state index in [2.05, 4.69) is 16.3 Å². The molecule has 0 aromatic heterocycles. The summed E-state index contributed by atoms with van der Waals surface area (Å²) in [4.78, 5) is 4.04. The Labute approximate surface area is 95.8 Å². The van der Waals surface area contributed by atoms with Crippen LogP contribution in [0.15, 0.2) is 52.6 Å². The first-order valence-corrected chi connectivity index (χ1v) is 6.34. The first-order chi connectivity index (χ1) is 7.56. The summed E-state index contributed by atoms with van der Waals surface area (Å²) >= 11 is 0. The molecule has 0 atom stereocenters. The summed E-state index contributed by atoms with van der Waals surface area (Å²) < 4.78 is 25.8. The number of nitrogens with zero attached hydrogens (tertiary/aromatic N) is 1. The van der Waals surface area contributed by atoms with Gasteiger partial charge in [0.15, 0.2) is 0 Å². The lowest BCUT2D eigenvalue weighted by Crippen LogP contribution is -2.21. The second-order valence-electron chi connectivity index (χ2n) is 3.09. The normalized spacial score (nSPS) is 11.6. The van der Waals surface area contributed by atoms with Gasteiger partial charge in [0.05, 0.1) is 4.90 Å². The largest absolute Gasteiger partial charge is 0.264 e. The van der Waals surface area contributed by atoms with E-state index in [9.17, 15) is 8.42 Å². The Morgan fingerprint density at radius 1 is 1.44 bits per heavy atom. The molecule has 0 aliphatic rings. The molecule has 0 fully saturated rings. The molecule has 1 aromatic carbocycles. The van der Waals surface area contributed by atoms with Crippen LogP contribution in [-0.4, -0.2) is 14.6 Å². The summed E-state index contributed by atoms with van der Waals surface area (Å²) in [6.07, 6.45) is 2.32. The summed E-state index contributed by atoms with van der Waals surface area (Å²) in [5.41, 5.74) is 0. The minimum atomic E-state index is -3.55. The van der Waals surface area contributed by atoms with Crippen molar-refractivity contribution in [1.82, 2.24) is 4.72 Å². The van der Waals surface area contributed by atoms with Gasteiger partial charge in [-0.05, 0) is 18.6 Å².